The number of hydrogen-bond donors (Lipinski definition) is 2. The lowest BCUT2D eigenvalue weighted by Gasteiger charge is -2.15. The molecule has 2 aromatic carbocycles. The van der Waals surface area contributed by atoms with Gasteiger partial charge >= 0.3 is 0 Å². The van der Waals surface area contributed by atoms with Crippen molar-refractivity contribution in [3.05, 3.63) is 88.1 Å². The van der Waals surface area contributed by atoms with E-state index in [4.69, 9.17) is 11.6 Å². The van der Waals surface area contributed by atoms with Gasteiger partial charge in [-0.3, -0.25) is 4.79 Å². The summed E-state index contributed by atoms with van der Waals surface area (Å²) in [4.78, 5) is 16.9. The highest BCUT2D eigenvalue weighted by Gasteiger charge is 2.16. The SMILES string of the molecule is CC(C)c1cc(Nc2ccc(Cl)cc2F)ncc1C(=O)NCc1ccc(F)cc1. The van der Waals surface area contributed by atoms with E-state index in [0.29, 0.717) is 16.4 Å². The molecule has 0 saturated heterocycles. The second kappa shape index (κ2) is 9.01. The third-order valence-corrected chi connectivity index (χ3v) is 4.60. The van der Waals surface area contributed by atoms with Crippen LogP contribution in [-0.4, -0.2) is 10.9 Å². The first-order valence-electron chi connectivity index (χ1n) is 9.08. The lowest BCUT2D eigenvalue weighted by Crippen LogP contribution is -2.24. The van der Waals surface area contributed by atoms with Crippen molar-refractivity contribution in [2.75, 3.05) is 5.32 Å². The summed E-state index contributed by atoms with van der Waals surface area (Å²) in [5.41, 5.74) is 2.23. The van der Waals surface area contributed by atoms with Gasteiger partial charge in [0.1, 0.15) is 17.5 Å². The number of benzene rings is 2. The largest absolute Gasteiger partial charge is 0.348 e. The van der Waals surface area contributed by atoms with Gasteiger partial charge in [0.05, 0.1) is 11.3 Å². The minimum atomic E-state index is -0.494. The molecule has 0 aliphatic heterocycles. The predicted molar refractivity (Wildman–Crippen MR) is 111 cm³/mol. The van der Waals surface area contributed by atoms with Crippen LogP contribution >= 0.6 is 11.6 Å². The van der Waals surface area contributed by atoms with Crippen molar-refractivity contribution in [3.8, 4) is 0 Å². The molecule has 0 aliphatic rings. The number of carbonyl (C=O) groups excluding carboxylic acids is 1. The van der Waals surface area contributed by atoms with E-state index < -0.39 is 5.82 Å². The van der Waals surface area contributed by atoms with Crippen molar-refractivity contribution in [2.24, 2.45) is 0 Å². The normalized spacial score (nSPS) is 10.8. The molecule has 1 aromatic heterocycles. The van der Waals surface area contributed by atoms with Gasteiger partial charge in [0.2, 0.25) is 0 Å². The van der Waals surface area contributed by atoms with Crippen LogP contribution in [0, 0.1) is 11.6 Å². The van der Waals surface area contributed by atoms with E-state index in [1.807, 2.05) is 13.8 Å². The average molecular weight is 416 g/mol. The number of carbonyl (C=O) groups is 1. The van der Waals surface area contributed by atoms with E-state index in [-0.39, 0.29) is 29.9 Å². The van der Waals surface area contributed by atoms with Crippen molar-refractivity contribution >= 4 is 29.0 Å². The first kappa shape index (κ1) is 20.7. The Kier molecular flexibility index (Phi) is 6.44. The fourth-order valence-corrected chi connectivity index (χ4v) is 2.97. The summed E-state index contributed by atoms with van der Waals surface area (Å²) in [6, 6.07) is 12.0. The number of amides is 1. The van der Waals surface area contributed by atoms with Crippen molar-refractivity contribution in [1.82, 2.24) is 10.3 Å². The van der Waals surface area contributed by atoms with Gasteiger partial charge in [-0.25, -0.2) is 13.8 Å². The quantitative estimate of drug-likeness (QED) is 0.534. The molecular weight excluding hydrogens is 396 g/mol. The highest BCUT2D eigenvalue weighted by molar-refractivity contribution is 6.30. The zero-order chi connectivity index (χ0) is 21.0. The number of nitrogens with zero attached hydrogens (tertiary/aromatic N) is 1. The van der Waals surface area contributed by atoms with Crippen LogP contribution in [0.4, 0.5) is 20.3 Å². The van der Waals surface area contributed by atoms with E-state index in [1.54, 1.807) is 24.3 Å². The molecule has 29 heavy (non-hydrogen) atoms. The fourth-order valence-electron chi connectivity index (χ4n) is 2.82. The van der Waals surface area contributed by atoms with Crippen LogP contribution in [0.1, 0.15) is 41.3 Å². The Hall–Kier alpha value is -2.99. The summed E-state index contributed by atoms with van der Waals surface area (Å²) in [6.07, 6.45) is 1.46. The van der Waals surface area contributed by atoms with Crippen LogP contribution < -0.4 is 10.6 Å². The minimum Gasteiger partial charge on any atom is -0.348 e. The third kappa shape index (κ3) is 5.29. The van der Waals surface area contributed by atoms with Gasteiger partial charge in [-0.15, -0.1) is 0 Å². The van der Waals surface area contributed by atoms with Crippen LogP contribution in [0.5, 0.6) is 0 Å². The standard InChI is InChI=1S/C22H20ClF2N3O/c1-13(2)17-10-21(28-20-8-5-15(23)9-19(20)25)26-12-18(17)22(29)27-11-14-3-6-16(24)7-4-14/h3-10,12-13H,11H2,1-2H3,(H,26,28)(H,27,29). The molecule has 0 atom stereocenters. The summed E-state index contributed by atoms with van der Waals surface area (Å²) in [6.45, 7) is 4.18. The van der Waals surface area contributed by atoms with Crippen LogP contribution in [-0.2, 0) is 6.54 Å². The number of nitrogens with one attached hydrogen (secondary N) is 2. The maximum Gasteiger partial charge on any atom is 0.253 e. The molecule has 3 aromatic rings. The first-order chi connectivity index (χ1) is 13.8. The molecule has 150 valence electrons. The van der Waals surface area contributed by atoms with Crippen molar-refractivity contribution in [2.45, 2.75) is 26.3 Å². The molecule has 0 spiro atoms. The van der Waals surface area contributed by atoms with Gasteiger partial charge in [-0.2, -0.15) is 0 Å². The molecule has 0 bridgehead atoms. The summed E-state index contributed by atoms with van der Waals surface area (Å²) in [5.74, 6) is -0.641. The number of pyridine rings is 1. The summed E-state index contributed by atoms with van der Waals surface area (Å²) >= 11 is 5.78. The zero-order valence-electron chi connectivity index (χ0n) is 16.0. The van der Waals surface area contributed by atoms with Gasteiger partial charge in [0.15, 0.2) is 0 Å². The van der Waals surface area contributed by atoms with Crippen molar-refractivity contribution < 1.29 is 13.6 Å². The van der Waals surface area contributed by atoms with E-state index in [2.05, 4.69) is 15.6 Å². The van der Waals surface area contributed by atoms with E-state index >= 15 is 0 Å². The van der Waals surface area contributed by atoms with Gasteiger partial charge in [0, 0.05) is 17.8 Å². The molecule has 0 saturated carbocycles. The average Bonchev–Trinajstić information content (AvgIpc) is 2.69. The Labute approximate surface area is 172 Å². The monoisotopic (exact) mass is 415 g/mol. The maximum atomic E-state index is 14.0. The number of rotatable bonds is 6. The smallest absolute Gasteiger partial charge is 0.253 e. The molecular formula is C22H20ClF2N3O. The molecule has 0 aliphatic carbocycles. The Balaban J connectivity index is 1.78. The van der Waals surface area contributed by atoms with Gasteiger partial charge in [0.25, 0.3) is 5.91 Å². The second-order valence-corrected chi connectivity index (χ2v) is 7.31. The number of hydrogen-bond acceptors (Lipinski definition) is 3. The van der Waals surface area contributed by atoms with Crippen LogP contribution in [0.3, 0.4) is 0 Å². The van der Waals surface area contributed by atoms with E-state index in [1.165, 1.54) is 30.5 Å². The van der Waals surface area contributed by atoms with Crippen molar-refractivity contribution in [3.63, 3.8) is 0 Å². The Morgan fingerprint density at radius 1 is 1.10 bits per heavy atom. The van der Waals surface area contributed by atoms with Gasteiger partial charge in [-0.05, 0) is 53.4 Å². The summed E-state index contributed by atoms with van der Waals surface area (Å²) in [7, 11) is 0. The molecule has 1 amide bonds. The Morgan fingerprint density at radius 3 is 2.48 bits per heavy atom. The van der Waals surface area contributed by atoms with Crippen molar-refractivity contribution in [1.29, 1.82) is 0 Å². The maximum absolute atomic E-state index is 14.0. The lowest BCUT2D eigenvalue weighted by atomic mass is 9.98. The third-order valence-electron chi connectivity index (χ3n) is 4.36. The molecule has 0 radical (unpaired) electrons. The van der Waals surface area contributed by atoms with Gasteiger partial charge < -0.3 is 10.6 Å². The fraction of sp³-hybridized carbons (Fsp3) is 0.182. The summed E-state index contributed by atoms with van der Waals surface area (Å²) < 4.78 is 27.0. The number of anilines is 2. The first-order valence-corrected chi connectivity index (χ1v) is 9.46. The molecule has 3 rings (SSSR count). The van der Waals surface area contributed by atoms with Gasteiger partial charge in [-0.1, -0.05) is 37.6 Å². The zero-order valence-corrected chi connectivity index (χ0v) is 16.7. The number of aromatic nitrogens is 1. The van der Waals surface area contributed by atoms with E-state index in [9.17, 15) is 13.6 Å². The Morgan fingerprint density at radius 2 is 1.83 bits per heavy atom. The molecule has 1 heterocycles. The predicted octanol–water partition coefficient (Wildman–Crippen LogP) is 5.81. The molecule has 2 N–H and O–H groups in total. The van der Waals surface area contributed by atoms with Crippen LogP contribution in [0.25, 0.3) is 0 Å². The Bertz CT molecular complexity index is 1020. The molecule has 0 unspecified atom stereocenters. The second-order valence-electron chi connectivity index (χ2n) is 6.87. The minimum absolute atomic E-state index is 0.0418. The van der Waals surface area contributed by atoms with E-state index in [0.717, 1.165) is 11.1 Å². The van der Waals surface area contributed by atoms with Crippen LogP contribution in [0.2, 0.25) is 5.02 Å². The van der Waals surface area contributed by atoms with Crippen LogP contribution in [0.15, 0.2) is 54.7 Å². The lowest BCUT2D eigenvalue weighted by molar-refractivity contribution is 0.0949. The molecule has 0 fully saturated rings. The molecule has 4 nitrogen and oxygen atoms in total. The highest BCUT2D eigenvalue weighted by Crippen LogP contribution is 2.26. The highest BCUT2D eigenvalue weighted by atomic mass is 35.5. The summed E-state index contributed by atoms with van der Waals surface area (Å²) in [5, 5.41) is 6.03. The number of halogens is 3. The topological polar surface area (TPSA) is 54.0 Å². The molecule has 7 heteroatoms.